The maximum Gasteiger partial charge on any atom is 0.228 e. The Bertz CT molecular complexity index is 1700. The van der Waals surface area contributed by atoms with Gasteiger partial charge in [0.15, 0.2) is 0 Å². The van der Waals surface area contributed by atoms with Gasteiger partial charge in [-0.3, -0.25) is 14.5 Å². The van der Waals surface area contributed by atoms with Crippen LogP contribution in [0.1, 0.15) is 66.6 Å². The maximum absolute atomic E-state index is 13.8. The lowest BCUT2D eigenvalue weighted by Gasteiger charge is -2.33. The summed E-state index contributed by atoms with van der Waals surface area (Å²) in [5.74, 6) is 4.12. The fourth-order valence-corrected chi connectivity index (χ4v) is 6.50. The molecule has 1 amide bonds. The van der Waals surface area contributed by atoms with Crippen molar-refractivity contribution < 1.29 is 4.79 Å². The van der Waals surface area contributed by atoms with E-state index in [1.807, 2.05) is 49.8 Å². The van der Waals surface area contributed by atoms with Crippen LogP contribution in [0.15, 0.2) is 84.3 Å². The zero-order valence-electron chi connectivity index (χ0n) is 25.4. The highest BCUT2D eigenvalue weighted by Crippen LogP contribution is 2.40. The highest BCUT2D eigenvalue weighted by molar-refractivity contribution is 6.11. The number of benzene rings is 2. The summed E-state index contributed by atoms with van der Waals surface area (Å²) in [5, 5.41) is 7.52. The molecular formula is C37H38N6O. The number of nitrogens with zero attached hydrogens (tertiary/aromatic N) is 5. The van der Waals surface area contributed by atoms with Crippen molar-refractivity contribution in [3.8, 4) is 23.6 Å². The van der Waals surface area contributed by atoms with Crippen LogP contribution in [0.3, 0.4) is 0 Å². The largest absolute Gasteiger partial charge is 0.351 e. The number of carbonyl (C=O) groups excluding carboxylic acids is 1. The summed E-state index contributed by atoms with van der Waals surface area (Å²) >= 11 is 0. The van der Waals surface area contributed by atoms with Gasteiger partial charge in [-0.05, 0) is 66.7 Å². The number of carbonyl (C=O) groups is 1. The first kappa shape index (κ1) is 29.3. The van der Waals surface area contributed by atoms with Gasteiger partial charge in [-0.25, -0.2) is 9.97 Å². The van der Waals surface area contributed by atoms with Crippen molar-refractivity contribution in [2.45, 2.75) is 57.5 Å². The number of aromatic nitrogens is 4. The molecule has 1 N–H and O–H groups in total. The topological polar surface area (TPSA) is 85.1 Å². The fourth-order valence-electron chi connectivity index (χ4n) is 6.50. The molecule has 1 saturated carbocycles. The Kier molecular flexibility index (Phi) is 8.79. The summed E-state index contributed by atoms with van der Waals surface area (Å²) in [4.78, 5) is 27.8. The Morgan fingerprint density at radius 2 is 1.82 bits per heavy atom. The van der Waals surface area contributed by atoms with Crippen LogP contribution in [0, 0.1) is 24.2 Å². The highest BCUT2D eigenvalue weighted by Gasteiger charge is 2.33. The van der Waals surface area contributed by atoms with E-state index in [4.69, 9.17) is 11.4 Å². The molecule has 7 heteroatoms. The second-order valence-corrected chi connectivity index (χ2v) is 12.0. The monoisotopic (exact) mass is 582 g/mol. The summed E-state index contributed by atoms with van der Waals surface area (Å²) in [6.07, 6.45) is 20.1. The standard InChI is InChI=1S/C37H38N6O/c1-4-28-21-39-34(42-36(28)33-23-41-43(3)24-33)19-26-10-12-30(13-11-26)35(37(44)40-20-27-8-6-5-7-9-27)31-16-14-29(15-17-31)32-18-25(2)38-22-32/h1,5-9,14-18,21-26,30,35H,10-13,19-20H2,2-3H3,(H,40,44). The van der Waals surface area contributed by atoms with Crippen LogP contribution in [-0.2, 0) is 24.8 Å². The molecule has 1 fully saturated rings. The first-order valence-electron chi connectivity index (χ1n) is 15.5. The molecule has 2 aromatic heterocycles. The predicted octanol–water partition coefficient (Wildman–Crippen LogP) is 6.16. The van der Waals surface area contributed by atoms with Crippen molar-refractivity contribution >= 4 is 17.7 Å². The van der Waals surface area contributed by atoms with Gasteiger partial charge < -0.3 is 5.32 Å². The van der Waals surface area contributed by atoms with Crippen LogP contribution < -0.4 is 5.32 Å². The molecule has 1 aliphatic heterocycles. The summed E-state index contributed by atoms with van der Waals surface area (Å²) in [6, 6.07) is 18.8. The van der Waals surface area contributed by atoms with E-state index < -0.39 is 0 Å². The van der Waals surface area contributed by atoms with Gasteiger partial charge in [0.2, 0.25) is 5.91 Å². The smallest absolute Gasteiger partial charge is 0.228 e. The second kappa shape index (κ2) is 13.2. The molecule has 4 aromatic rings. The first-order chi connectivity index (χ1) is 21.5. The van der Waals surface area contributed by atoms with Crippen molar-refractivity contribution in [3.63, 3.8) is 0 Å². The van der Waals surface area contributed by atoms with Crippen LogP contribution in [0.5, 0.6) is 0 Å². The SMILES string of the molecule is C#Cc1cnc(CC2CCC(C(C(=O)NCc3ccccc3)c3ccc(C4=CC(C)N=C4)cc3)CC2)nc1-c1cnn(C)c1. The zero-order chi connectivity index (χ0) is 30.5. The van der Waals surface area contributed by atoms with Crippen molar-refractivity contribution in [1.29, 1.82) is 0 Å². The average Bonchev–Trinajstić information content (AvgIpc) is 3.70. The van der Waals surface area contributed by atoms with Crippen molar-refractivity contribution in [1.82, 2.24) is 25.1 Å². The lowest BCUT2D eigenvalue weighted by atomic mass is 9.72. The van der Waals surface area contributed by atoms with Crippen LogP contribution in [0.25, 0.3) is 16.8 Å². The molecule has 2 unspecified atom stereocenters. The maximum atomic E-state index is 13.8. The Balaban J connectivity index is 1.16. The Morgan fingerprint density at radius 3 is 2.48 bits per heavy atom. The third kappa shape index (κ3) is 6.70. The van der Waals surface area contributed by atoms with Gasteiger partial charge in [0.1, 0.15) is 5.82 Å². The Morgan fingerprint density at radius 1 is 1.05 bits per heavy atom. The van der Waals surface area contributed by atoms with Gasteiger partial charge >= 0.3 is 0 Å². The number of hydrogen-bond donors (Lipinski definition) is 1. The van der Waals surface area contributed by atoms with Gasteiger partial charge in [-0.2, -0.15) is 5.10 Å². The number of aliphatic imine (C=N–C) groups is 1. The Labute approximate surface area is 259 Å². The lowest BCUT2D eigenvalue weighted by Crippen LogP contribution is -2.35. The van der Waals surface area contributed by atoms with Gasteiger partial charge in [-0.15, -0.1) is 6.42 Å². The molecule has 222 valence electrons. The molecule has 6 rings (SSSR count). The van der Waals surface area contributed by atoms with Crippen molar-refractivity contribution in [2.24, 2.45) is 23.9 Å². The van der Waals surface area contributed by atoms with Crippen LogP contribution in [-0.4, -0.2) is 37.9 Å². The normalized spacial score (nSPS) is 20.1. The van der Waals surface area contributed by atoms with Gasteiger partial charge in [0.05, 0.1) is 29.4 Å². The van der Waals surface area contributed by atoms with E-state index in [1.54, 1.807) is 17.1 Å². The molecule has 1 aliphatic carbocycles. The van der Waals surface area contributed by atoms with Gasteiger partial charge in [0.25, 0.3) is 0 Å². The summed E-state index contributed by atoms with van der Waals surface area (Å²) in [6.45, 7) is 2.61. The molecule has 2 atom stereocenters. The zero-order valence-corrected chi connectivity index (χ0v) is 25.4. The molecule has 7 nitrogen and oxygen atoms in total. The first-order valence-corrected chi connectivity index (χ1v) is 15.5. The number of terminal acetylenes is 1. The quantitative estimate of drug-likeness (QED) is 0.240. The Hall–Kier alpha value is -4.83. The van der Waals surface area contributed by atoms with Crippen LogP contribution >= 0.6 is 0 Å². The van der Waals surface area contributed by atoms with Crippen molar-refractivity contribution in [2.75, 3.05) is 0 Å². The molecule has 2 aliphatic rings. The molecule has 0 radical (unpaired) electrons. The van der Waals surface area contributed by atoms with Crippen molar-refractivity contribution in [3.05, 3.63) is 107 Å². The van der Waals surface area contributed by atoms with Crippen LogP contribution in [0.2, 0.25) is 0 Å². The lowest BCUT2D eigenvalue weighted by molar-refractivity contribution is -0.124. The van der Waals surface area contributed by atoms with E-state index in [9.17, 15) is 4.79 Å². The van der Waals surface area contributed by atoms with E-state index in [1.165, 1.54) is 0 Å². The molecule has 0 saturated heterocycles. The van der Waals surface area contributed by atoms with E-state index in [2.05, 4.69) is 63.6 Å². The molecule has 2 aromatic carbocycles. The molecule has 44 heavy (non-hydrogen) atoms. The second-order valence-electron chi connectivity index (χ2n) is 12.0. The fraction of sp³-hybridized carbons (Fsp3) is 0.324. The number of nitrogens with one attached hydrogen (secondary N) is 1. The minimum atomic E-state index is -0.206. The molecule has 0 spiro atoms. The van der Waals surface area contributed by atoms with Gasteiger partial charge in [0, 0.05) is 44.2 Å². The molecular weight excluding hydrogens is 544 g/mol. The molecule has 0 bridgehead atoms. The number of amides is 1. The van der Waals surface area contributed by atoms with E-state index in [0.717, 1.165) is 71.4 Å². The third-order valence-corrected chi connectivity index (χ3v) is 8.87. The summed E-state index contributed by atoms with van der Waals surface area (Å²) < 4.78 is 1.75. The minimum absolute atomic E-state index is 0.0923. The number of hydrogen-bond acceptors (Lipinski definition) is 5. The van der Waals surface area contributed by atoms with Crippen LogP contribution in [0.4, 0.5) is 0 Å². The van der Waals surface area contributed by atoms with E-state index in [-0.39, 0.29) is 23.8 Å². The van der Waals surface area contributed by atoms with E-state index >= 15 is 0 Å². The third-order valence-electron chi connectivity index (χ3n) is 8.87. The number of rotatable bonds is 9. The number of aryl methyl sites for hydroxylation is 1. The summed E-state index contributed by atoms with van der Waals surface area (Å²) in [7, 11) is 1.88. The summed E-state index contributed by atoms with van der Waals surface area (Å²) in [5.41, 5.74) is 6.77. The minimum Gasteiger partial charge on any atom is -0.351 e. The highest BCUT2D eigenvalue weighted by atomic mass is 16.1. The molecule has 3 heterocycles. The van der Waals surface area contributed by atoms with Gasteiger partial charge in [-0.1, -0.05) is 66.6 Å². The predicted molar refractivity (Wildman–Crippen MR) is 175 cm³/mol. The number of allylic oxidation sites excluding steroid dienone is 1. The van der Waals surface area contributed by atoms with E-state index in [0.29, 0.717) is 18.0 Å². The average molecular weight is 583 g/mol.